The van der Waals surface area contributed by atoms with Gasteiger partial charge in [-0.3, -0.25) is 0 Å². The van der Waals surface area contributed by atoms with E-state index in [1.54, 1.807) is 0 Å². The van der Waals surface area contributed by atoms with Crippen LogP contribution in [0.4, 0.5) is 4.79 Å². The van der Waals surface area contributed by atoms with Crippen molar-refractivity contribution < 1.29 is 19.8 Å². The zero-order valence-electron chi connectivity index (χ0n) is 10.7. The molecular weight excluding hydrogens is 224 g/mol. The van der Waals surface area contributed by atoms with Gasteiger partial charge >= 0.3 is 12.0 Å². The third kappa shape index (κ3) is 5.53. The normalized spacial score (nSPS) is 17.7. The topological polar surface area (TPSA) is 98.7 Å². The van der Waals surface area contributed by atoms with Gasteiger partial charge in [-0.05, 0) is 19.8 Å². The molecule has 6 heteroatoms. The molecule has 0 aliphatic carbocycles. The number of carbonyl (C=O) groups is 2. The number of nitrogens with one attached hydrogen (secondary N) is 2. The first-order valence-electron chi connectivity index (χ1n) is 5.77. The average Bonchev–Trinajstić information content (AvgIpc) is 2.23. The van der Waals surface area contributed by atoms with Crippen molar-refractivity contribution in [3.63, 3.8) is 0 Å². The number of amides is 2. The zero-order chi connectivity index (χ0) is 13.6. The van der Waals surface area contributed by atoms with Crippen LogP contribution in [0.5, 0.6) is 0 Å². The number of aliphatic hydroxyl groups excluding tert-OH is 1. The highest BCUT2D eigenvalue weighted by Crippen LogP contribution is 2.06. The number of aliphatic carboxylic acids is 1. The van der Waals surface area contributed by atoms with Crippen molar-refractivity contribution in [2.45, 2.75) is 52.3 Å². The first-order valence-corrected chi connectivity index (χ1v) is 5.77. The zero-order valence-corrected chi connectivity index (χ0v) is 10.7. The van der Waals surface area contributed by atoms with E-state index >= 15 is 0 Å². The number of urea groups is 1. The Morgan fingerprint density at radius 1 is 1.18 bits per heavy atom. The maximum absolute atomic E-state index is 11.5. The van der Waals surface area contributed by atoms with E-state index in [9.17, 15) is 14.7 Å². The van der Waals surface area contributed by atoms with Crippen LogP contribution < -0.4 is 10.6 Å². The van der Waals surface area contributed by atoms with Gasteiger partial charge in [0.25, 0.3) is 0 Å². The molecule has 0 radical (unpaired) electrons. The summed E-state index contributed by atoms with van der Waals surface area (Å²) in [6.45, 7) is 7.17. The Labute approximate surface area is 101 Å². The van der Waals surface area contributed by atoms with Gasteiger partial charge < -0.3 is 20.8 Å². The summed E-state index contributed by atoms with van der Waals surface area (Å²) in [4.78, 5) is 22.2. The summed E-state index contributed by atoms with van der Waals surface area (Å²) in [5, 5.41) is 22.8. The van der Waals surface area contributed by atoms with Crippen molar-refractivity contribution in [2.24, 2.45) is 5.92 Å². The third-order valence-corrected chi connectivity index (χ3v) is 2.89. The van der Waals surface area contributed by atoms with Crippen LogP contribution in [0.1, 0.15) is 34.1 Å². The van der Waals surface area contributed by atoms with E-state index < -0.39 is 24.1 Å². The van der Waals surface area contributed by atoms with Crippen molar-refractivity contribution in [3.8, 4) is 0 Å². The summed E-state index contributed by atoms with van der Waals surface area (Å²) in [7, 11) is 0. The first kappa shape index (κ1) is 15.7. The Hall–Kier alpha value is -1.30. The van der Waals surface area contributed by atoms with E-state index in [4.69, 9.17) is 5.11 Å². The maximum atomic E-state index is 11.5. The van der Waals surface area contributed by atoms with Crippen LogP contribution in [0.25, 0.3) is 0 Å². The quantitative estimate of drug-likeness (QED) is 0.550. The summed E-state index contributed by atoms with van der Waals surface area (Å²) in [5.41, 5.74) is 0. The molecule has 6 nitrogen and oxygen atoms in total. The molecular formula is C11H22N2O4. The molecule has 0 aliphatic heterocycles. The number of aliphatic hydroxyl groups is 1. The van der Waals surface area contributed by atoms with Gasteiger partial charge in [-0.15, -0.1) is 0 Å². The Balaban J connectivity index is 4.29. The van der Waals surface area contributed by atoms with Gasteiger partial charge in [0.2, 0.25) is 0 Å². The standard InChI is InChI=1S/C11H22N2O4/c1-5-6(2)7(3)12-11(17)13-9(8(4)14)10(15)16/h6-9,14H,5H2,1-4H3,(H,15,16)(H2,12,13,17)/t6?,7?,8-,9+/m1/s1. The van der Waals surface area contributed by atoms with Gasteiger partial charge in [0, 0.05) is 6.04 Å². The summed E-state index contributed by atoms with van der Waals surface area (Å²) >= 11 is 0. The van der Waals surface area contributed by atoms with Crippen molar-refractivity contribution in [1.29, 1.82) is 0 Å². The van der Waals surface area contributed by atoms with Crippen molar-refractivity contribution in [2.75, 3.05) is 0 Å². The van der Waals surface area contributed by atoms with Crippen LogP contribution in [0.2, 0.25) is 0 Å². The molecule has 0 aromatic rings. The summed E-state index contributed by atoms with van der Waals surface area (Å²) in [6.07, 6.45) is -0.225. The van der Waals surface area contributed by atoms with Crippen LogP contribution in [-0.4, -0.2) is 40.4 Å². The minimum atomic E-state index is -1.29. The second kappa shape index (κ2) is 7.11. The molecule has 17 heavy (non-hydrogen) atoms. The van der Waals surface area contributed by atoms with E-state index in [-0.39, 0.29) is 6.04 Å². The second-order valence-electron chi connectivity index (χ2n) is 4.35. The molecule has 0 aliphatic rings. The molecule has 4 atom stereocenters. The number of carboxylic acid groups (broad SMARTS) is 1. The Morgan fingerprint density at radius 3 is 2.06 bits per heavy atom. The van der Waals surface area contributed by atoms with Gasteiger partial charge in [0.05, 0.1) is 6.10 Å². The molecule has 2 amide bonds. The van der Waals surface area contributed by atoms with Gasteiger partial charge in [0.1, 0.15) is 0 Å². The van der Waals surface area contributed by atoms with Gasteiger partial charge in [-0.1, -0.05) is 20.3 Å². The van der Waals surface area contributed by atoms with Crippen LogP contribution in [0.15, 0.2) is 0 Å². The maximum Gasteiger partial charge on any atom is 0.328 e. The molecule has 0 bridgehead atoms. The minimum Gasteiger partial charge on any atom is -0.480 e. The lowest BCUT2D eigenvalue weighted by atomic mass is 10.0. The number of carboxylic acids is 1. The van der Waals surface area contributed by atoms with E-state index in [1.165, 1.54) is 6.92 Å². The van der Waals surface area contributed by atoms with Gasteiger partial charge in [-0.25, -0.2) is 9.59 Å². The summed E-state index contributed by atoms with van der Waals surface area (Å²) in [5.74, 6) is -0.957. The van der Waals surface area contributed by atoms with Crippen LogP contribution >= 0.6 is 0 Å². The molecule has 0 fully saturated rings. The second-order valence-corrected chi connectivity index (χ2v) is 4.35. The average molecular weight is 246 g/mol. The molecule has 0 aromatic carbocycles. The number of rotatable bonds is 6. The number of carbonyl (C=O) groups excluding carboxylic acids is 1. The number of hydrogen-bond donors (Lipinski definition) is 4. The lowest BCUT2D eigenvalue weighted by Gasteiger charge is -2.22. The van der Waals surface area contributed by atoms with E-state index in [0.717, 1.165) is 6.42 Å². The molecule has 100 valence electrons. The molecule has 0 saturated heterocycles. The molecule has 4 N–H and O–H groups in total. The summed E-state index contributed by atoms with van der Waals surface area (Å²) in [6, 6.07) is -1.92. The lowest BCUT2D eigenvalue weighted by molar-refractivity contribution is -0.141. The van der Waals surface area contributed by atoms with Crippen molar-refractivity contribution in [1.82, 2.24) is 10.6 Å². The lowest BCUT2D eigenvalue weighted by Crippen LogP contribution is -2.53. The fourth-order valence-corrected chi connectivity index (χ4v) is 1.27. The SMILES string of the molecule is CCC(C)C(C)NC(=O)N[C@H](C(=O)O)[C@@H](C)O. The summed E-state index contributed by atoms with van der Waals surface area (Å²) < 4.78 is 0. The predicted octanol–water partition coefficient (Wildman–Crippen LogP) is 0.554. The van der Waals surface area contributed by atoms with Crippen LogP contribution in [0, 0.1) is 5.92 Å². The molecule has 0 aromatic heterocycles. The van der Waals surface area contributed by atoms with Gasteiger partial charge in [0.15, 0.2) is 6.04 Å². The Bertz CT molecular complexity index is 268. The van der Waals surface area contributed by atoms with Crippen molar-refractivity contribution in [3.05, 3.63) is 0 Å². The van der Waals surface area contributed by atoms with E-state index in [2.05, 4.69) is 10.6 Å². The van der Waals surface area contributed by atoms with Crippen molar-refractivity contribution >= 4 is 12.0 Å². The largest absolute Gasteiger partial charge is 0.480 e. The van der Waals surface area contributed by atoms with E-state index in [1.807, 2.05) is 20.8 Å². The third-order valence-electron chi connectivity index (χ3n) is 2.89. The molecule has 0 spiro atoms. The highest BCUT2D eigenvalue weighted by atomic mass is 16.4. The highest BCUT2D eigenvalue weighted by molar-refractivity contribution is 5.83. The molecule has 0 saturated carbocycles. The fourth-order valence-electron chi connectivity index (χ4n) is 1.27. The molecule has 2 unspecified atom stereocenters. The van der Waals surface area contributed by atoms with Crippen LogP contribution in [-0.2, 0) is 4.79 Å². The molecule has 0 rings (SSSR count). The predicted molar refractivity (Wildman–Crippen MR) is 63.7 cm³/mol. The molecule has 0 heterocycles. The van der Waals surface area contributed by atoms with Gasteiger partial charge in [-0.2, -0.15) is 0 Å². The fraction of sp³-hybridized carbons (Fsp3) is 0.818. The smallest absolute Gasteiger partial charge is 0.328 e. The van der Waals surface area contributed by atoms with Crippen LogP contribution in [0.3, 0.4) is 0 Å². The number of hydrogen-bond acceptors (Lipinski definition) is 3. The minimum absolute atomic E-state index is 0.0524. The first-order chi connectivity index (χ1) is 7.79. The Kier molecular flexibility index (Phi) is 6.57. The monoisotopic (exact) mass is 246 g/mol. The Morgan fingerprint density at radius 2 is 1.71 bits per heavy atom. The highest BCUT2D eigenvalue weighted by Gasteiger charge is 2.25. The van der Waals surface area contributed by atoms with E-state index in [0.29, 0.717) is 5.92 Å².